The van der Waals surface area contributed by atoms with Gasteiger partial charge < -0.3 is 10.2 Å². The van der Waals surface area contributed by atoms with E-state index in [0.717, 1.165) is 17.0 Å². The van der Waals surface area contributed by atoms with Crippen LogP contribution >= 0.6 is 0 Å². The lowest BCUT2D eigenvalue weighted by molar-refractivity contribution is -0.119. The van der Waals surface area contributed by atoms with E-state index in [1.54, 1.807) is 18.2 Å². The highest BCUT2D eigenvalue weighted by atomic mass is 19.4. The summed E-state index contributed by atoms with van der Waals surface area (Å²) in [5.41, 5.74) is 1.43. The fourth-order valence-corrected chi connectivity index (χ4v) is 1.97. The van der Waals surface area contributed by atoms with E-state index in [-0.39, 0.29) is 5.56 Å². The zero-order valence-corrected chi connectivity index (χ0v) is 12.5. The fraction of sp³-hybridized carbons (Fsp3) is 0.533. The van der Waals surface area contributed by atoms with Gasteiger partial charge in [-0.25, -0.2) is 0 Å². The molecule has 0 saturated carbocycles. The number of nitrogens with one attached hydrogen (secondary N) is 1. The van der Waals surface area contributed by atoms with Crippen molar-refractivity contribution < 1.29 is 13.2 Å². The van der Waals surface area contributed by atoms with Crippen molar-refractivity contribution in [1.29, 1.82) is 5.26 Å². The van der Waals surface area contributed by atoms with Crippen molar-refractivity contribution in [2.45, 2.75) is 26.6 Å². The van der Waals surface area contributed by atoms with Gasteiger partial charge in [0.15, 0.2) is 0 Å². The normalized spacial score (nSPS) is 11.5. The van der Waals surface area contributed by atoms with E-state index >= 15 is 0 Å². The minimum atomic E-state index is -4.29. The molecule has 0 fully saturated rings. The predicted octanol–water partition coefficient (Wildman–Crippen LogP) is 3.30. The summed E-state index contributed by atoms with van der Waals surface area (Å²) in [6, 6.07) is 6.91. The first-order chi connectivity index (χ1) is 9.73. The van der Waals surface area contributed by atoms with E-state index in [0.29, 0.717) is 18.2 Å². The molecule has 21 heavy (non-hydrogen) atoms. The number of hydrogen-bond acceptors (Lipinski definition) is 3. The summed E-state index contributed by atoms with van der Waals surface area (Å²) in [7, 11) is 1.33. The largest absolute Gasteiger partial charge is 0.405 e. The van der Waals surface area contributed by atoms with E-state index in [9.17, 15) is 13.2 Å². The van der Waals surface area contributed by atoms with Crippen LogP contribution in [0.2, 0.25) is 0 Å². The van der Waals surface area contributed by atoms with Crippen molar-refractivity contribution >= 4 is 5.69 Å². The number of hydrogen-bond donors (Lipinski definition) is 1. The molecule has 0 radical (unpaired) electrons. The van der Waals surface area contributed by atoms with Gasteiger partial charge in [0, 0.05) is 13.6 Å². The SMILES string of the molecule is CC(C)CNCc1ccc(N(C)CC(F)(F)F)c(C#N)c1. The highest BCUT2D eigenvalue weighted by Crippen LogP contribution is 2.24. The molecule has 0 spiro atoms. The van der Waals surface area contributed by atoms with Gasteiger partial charge in [-0.3, -0.25) is 0 Å². The molecule has 1 aromatic carbocycles. The molecular weight excluding hydrogens is 279 g/mol. The van der Waals surface area contributed by atoms with Gasteiger partial charge in [-0.2, -0.15) is 18.4 Å². The molecule has 1 rings (SSSR count). The Morgan fingerprint density at radius 3 is 2.52 bits per heavy atom. The minimum absolute atomic E-state index is 0.255. The first-order valence-corrected chi connectivity index (χ1v) is 6.74. The third-order valence-corrected chi connectivity index (χ3v) is 2.89. The summed E-state index contributed by atoms with van der Waals surface area (Å²) in [4.78, 5) is 1.05. The van der Waals surface area contributed by atoms with Crippen molar-refractivity contribution in [3.8, 4) is 6.07 Å². The van der Waals surface area contributed by atoms with E-state index in [2.05, 4.69) is 19.2 Å². The molecule has 3 nitrogen and oxygen atoms in total. The lowest BCUT2D eigenvalue weighted by Gasteiger charge is -2.22. The Bertz CT molecular complexity index is 504. The van der Waals surface area contributed by atoms with Crippen LogP contribution in [0.3, 0.4) is 0 Å². The number of rotatable bonds is 6. The molecule has 116 valence electrons. The summed E-state index contributed by atoms with van der Waals surface area (Å²) in [5, 5.41) is 12.4. The maximum Gasteiger partial charge on any atom is 0.405 e. The van der Waals surface area contributed by atoms with Crippen LogP contribution in [-0.4, -0.2) is 26.3 Å². The maximum atomic E-state index is 12.4. The van der Waals surface area contributed by atoms with Crippen molar-refractivity contribution in [3.05, 3.63) is 29.3 Å². The molecule has 1 N–H and O–H groups in total. The summed E-state index contributed by atoms with van der Waals surface area (Å²) >= 11 is 0. The zero-order chi connectivity index (χ0) is 16.0. The average molecular weight is 299 g/mol. The van der Waals surface area contributed by atoms with E-state index < -0.39 is 12.7 Å². The van der Waals surface area contributed by atoms with Gasteiger partial charge in [-0.15, -0.1) is 0 Å². The van der Waals surface area contributed by atoms with E-state index in [4.69, 9.17) is 5.26 Å². The third kappa shape index (κ3) is 6.05. The number of nitrogens with zero attached hydrogens (tertiary/aromatic N) is 2. The lowest BCUT2D eigenvalue weighted by Crippen LogP contribution is -2.31. The van der Waals surface area contributed by atoms with Crippen LogP contribution in [0.15, 0.2) is 18.2 Å². The standard InChI is InChI=1S/C15H20F3N3/c1-11(2)8-20-9-12-4-5-14(13(6-12)7-19)21(3)10-15(16,17)18/h4-6,11,20H,8-10H2,1-3H3. The van der Waals surface area contributed by atoms with Crippen LogP contribution in [0.4, 0.5) is 18.9 Å². The van der Waals surface area contributed by atoms with Gasteiger partial charge in [0.1, 0.15) is 12.6 Å². The van der Waals surface area contributed by atoms with Crippen molar-refractivity contribution in [2.75, 3.05) is 25.0 Å². The minimum Gasteiger partial charge on any atom is -0.365 e. The Morgan fingerprint density at radius 1 is 1.33 bits per heavy atom. The quantitative estimate of drug-likeness (QED) is 0.876. The number of alkyl halides is 3. The van der Waals surface area contributed by atoms with Gasteiger partial charge in [0.25, 0.3) is 0 Å². The molecule has 0 aliphatic carbocycles. The molecule has 0 unspecified atom stereocenters. The Kier molecular flexibility index (Phi) is 6.03. The van der Waals surface area contributed by atoms with E-state index in [1.165, 1.54) is 7.05 Å². The van der Waals surface area contributed by atoms with Crippen LogP contribution in [0.1, 0.15) is 25.0 Å². The fourth-order valence-electron chi connectivity index (χ4n) is 1.97. The second-order valence-corrected chi connectivity index (χ2v) is 5.46. The zero-order valence-electron chi connectivity index (χ0n) is 12.5. The number of nitriles is 1. The van der Waals surface area contributed by atoms with Crippen LogP contribution in [0.5, 0.6) is 0 Å². The van der Waals surface area contributed by atoms with Gasteiger partial charge in [0.2, 0.25) is 0 Å². The lowest BCUT2D eigenvalue weighted by atomic mass is 10.1. The highest BCUT2D eigenvalue weighted by molar-refractivity contribution is 5.60. The number of halogens is 3. The Labute approximate surface area is 123 Å². The summed E-state index contributed by atoms with van der Waals surface area (Å²) in [6.07, 6.45) is -4.29. The van der Waals surface area contributed by atoms with Crippen LogP contribution in [-0.2, 0) is 6.54 Å². The molecular formula is C15H20F3N3. The van der Waals surface area contributed by atoms with Gasteiger partial charge >= 0.3 is 6.18 Å². The van der Waals surface area contributed by atoms with Crippen LogP contribution in [0.25, 0.3) is 0 Å². The maximum absolute atomic E-state index is 12.4. The highest BCUT2D eigenvalue weighted by Gasteiger charge is 2.30. The molecule has 0 aliphatic heterocycles. The van der Waals surface area contributed by atoms with Crippen molar-refractivity contribution in [1.82, 2.24) is 5.32 Å². The molecule has 0 saturated heterocycles. The van der Waals surface area contributed by atoms with Crippen molar-refractivity contribution in [3.63, 3.8) is 0 Å². The number of anilines is 1. The summed E-state index contributed by atoms with van der Waals surface area (Å²) in [6.45, 7) is 4.53. The Hall–Kier alpha value is -1.74. The van der Waals surface area contributed by atoms with Crippen molar-refractivity contribution in [2.24, 2.45) is 5.92 Å². The molecule has 0 bridgehead atoms. The first-order valence-electron chi connectivity index (χ1n) is 6.74. The summed E-state index contributed by atoms with van der Waals surface area (Å²) in [5.74, 6) is 0.512. The first kappa shape index (κ1) is 17.3. The third-order valence-electron chi connectivity index (χ3n) is 2.89. The number of benzene rings is 1. The van der Waals surface area contributed by atoms with Gasteiger partial charge in [-0.1, -0.05) is 19.9 Å². The smallest absolute Gasteiger partial charge is 0.365 e. The molecule has 0 aliphatic rings. The molecule has 1 aromatic rings. The van der Waals surface area contributed by atoms with E-state index in [1.807, 2.05) is 6.07 Å². The average Bonchev–Trinajstić information content (AvgIpc) is 2.36. The van der Waals surface area contributed by atoms with Gasteiger partial charge in [0.05, 0.1) is 11.3 Å². The summed E-state index contributed by atoms with van der Waals surface area (Å²) < 4.78 is 37.2. The van der Waals surface area contributed by atoms with Crippen LogP contribution in [0, 0.1) is 17.2 Å². The molecule has 6 heteroatoms. The predicted molar refractivity (Wildman–Crippen MR) is 77.0 cm³/mol. The second kappa shape index (κ2) is 7.32. The Morgan fingerprint density at radius 2 is 2.00 bits per heavy atom. The topological polar surface area (TPSA) is 39.1 Å². The molecule has 0 amide bonds. The second-order valence-electron chi connectivity index (χ2n) is 5.46. The van der Waals surface area contributed by atoms with Gasteiger partial charge in [-0.05, 0) is 30.2 Å². The monoisotopic (exact) mass is 299 g/mol. The molecule has 0 aromatic heterocycles. The molecule has 0 atom stereocenters. The van der Waals surface area contributed by atoms with Crippen LogP contribution < -0.4 is 10.2 Å². The Balaban J connectivity index is 2.82. The molecule has 0 heterocycles.